The minimum atomic E-state index is -0.0249. The molecule has 1 fully saturated rings. The average Bonchev–Trinajstić information content (AvgIpc) is 2.68. The predicted molar refractivity (Wildman–Crippen MR) is 96.8 cm³/mol. The first-order chi connectivity index (χ1) is 12.6. The van der Waals surface area contributed by atoms with Gasteiger partial charge in [-0.3, -0.25) is 9.59 Å². The highest BCUT2D eigenvalue weighted by molar-refractivity contribution is 5.95. The third-order valence-corrected chi connectivity index (χ3v) is 4.44. The number of benzene rings is 1. The maximum atomic E-state index is 12.8. The van der Waals surface area contributed by atoms with E-state index in [-0.39, 0.29) is 17.9 Å². The number of rotatable bonds is 4. The number of methoxy groups -OCH3 is 1. The summed E-state index contributed by atoms with van der Waals surface area (Å²) in [7, 11) is 1.54. The van der Waals surface area contributed by atoms with Crippen molar-refractivity contribution in [3.63, 3.8) is 0 Å². The predicted octanol–water partition coefficient (Wildman–Crippen LogP) is 1.89. The molecule has 0 spiro atoms. The van der Waals surface area contributed by atoms with Crippen molar-refractivity contribution in [3.05, 3.63) is 42.0 Å². The van der Waals surface area contributed by atoms with Crippen LogP contribution in [0.1, 0.15) is 30.1 Å². The van der Waals surface area contributed by atoms with Gasteiger partial charge in [0, 0.05) is 43.2 Å². The number of ether oxygens (including phenoxy) is 1. The minimum Gasteiger partial charge on any atom is -0.480 e. The number of hydrogen-bond acceptors (Lipinski definition) is 5. The van der Waals surface area contributed by atoms with E-state index >= 15 is 0 Å². The third kappa shape index (κ3) is 4.17. The van der Waals surface area contributed by atoms with Crippen molar-refractivity contribution in [3.8, 4) is 17.1 Å². The van der Waals surface area contributed by atoms with Gasteiger partial charge in [-0.05, 0) is 31.0 Å². The molecule has 1 saturated heterocycles. The van der Waals surface area contributed by atoms with Gasteiger partial charge in [-0.15, -0.1) is 10.2 Å². The summed E-state index contributed by atoms with van der Waals surface area (Å²) in [5.41, 5.74) is 2.14. The van der Waals surface area contributed by atoms with Crippen LogP contribution in [0.4, 0.5) is 0 Å². The number of piperidine rings is 1. The number of nitrogens with one attached hydrogen (secondary N) is 1. The molecule has 2 aromatic rings. The Hall–Kier alpha value is -2.96. The topological polar surface area (TPSA) is 84.4 Å². The van der Waals surface area contributed by atoms with E-state index in [1.807, 2.05) is 35.2 Å². The molecule has 1 aliphatic heterocycles. The Morgan fingerprint density at radius 1 is 1.15 bits per heavy atom. The van der Waals surface area contributed by atoms with Gasteiger partial charge in [0.2, 0.25) is 11.8 Å². The Morgan fingerprint density at radius 3 is 2.54 bits per heavy atom. The molecule has 0 saturated carbocycles. The van der Waals surface area contributed by atoms with Crippen molar-refractivity contribution in [2.24, 2.45) is 0 Å². The SMILES string of the molecule is COc1ccc(-c2cccc(C(=O)N3CCC(NC(C)=O)CC3)c2)nn1. The Kier molecular flexibility index (Phi) is 5.46. The van der Waals surface area contributed by atoms with Crippen molar-refractivity contribution in [2.45, 2.75) is 25.8 Å². The number of amides is 2. The zero-order valence-corrected chi connectivity index (χ0v) is 14.9. The zero-order valence-electron chi connectivity index (χ0n) is 14.9. The van der Waals surface area contributed by atoms with Crippen LogP contribution in [0.5, 0.6) is 5.88 Å². The third-order valence-electron chi connectivity index (χ3n) is 4.44. The van der Waals surface area contributed by atoms with Gasteiger partial charge in [0.25, 0.3) is 5.91 Å². The van der Waals surface area contributed by atoms with Crippen LogP contribution >= 0.6 is 0 Å². The van der Waals surface area contributed by atoms with Crippen molar-refractivity contribution < 1.29 is 14.3 Å². The van der Waals surface area contributed by atoms with E-state index in [1.54, 1.807) is 6.07 Å². The van der Waals surface area contributed by atoms with Crippen LogP contribution in [0.2, 0.25) is 0 Å². The maximum Gasteiger partial charge on any atom is 0.253 e. The van der Waals surface area contributed by atoms with E-state index in [4.69, 9.17) is 4.74 Å². The maximum absolute atomic E-state index is 12.8. The van der Waals surface area contributed by atoms with Gasteiger partial charge < -0.3 is 15.0 Å². The second kappa shape index (κ2) is 7.95. The first-order valence-corrected chi connectivity index (χ1v) is 8.61. The first kappa shape index (κ1) is 17.8. The van der Waals surface area contributed by atoms with Gasteiger partial charge in [0.1, 0.15) is 0 Å². The summed E-state index contributed by atoms with van der Waals surface area (Å²) >= 11 is 0. The lowest BCUT2D eigenvalue weighted by atomic mass is 10.0. The lowest BCUT2D eigenvalue weighted by Crippen LogP contribution is -2.46. The van der Waals surface area contributed by atoms with E-state index in [1.165, 1.54) is 14.0 Å². The molecule has 7 nitrogen and oxygen atoms in total. The highest BCUT2D eigenvalue weighted by atomic mass is 16.5. The van der Waals surface area contributed by atoms with Crippen molar-refractivity contribution in [1.29, 1.82) is 0 Å². The molecule has 0 aliphatic carbocycles. The number of carbonyl (C=O) groups excluding carboxylic acids is 2. The van der Waals surface area contributed by atoms with Gasteiger partial charge >= 0.3 is 0 Å². The number of nitrogens with zero attached hydrogens (tertiary/aromatic N) is 3. The Bertz CT molecular complexity index is 784. The highest BCUT2D eigenvalue weighted by Crippen LogP contribution is 2.21. The molecule has 2 amide bonds. The van der Waals surface area contributed by atoms with Gasteiger partial charge in [-0.1, -0.05) is 12.1 Å². The Labute approximate surface area is 152 Å². The van der Waals surface area contributed by atoms with Crippen LogP contribution in [0.3, 0.4) is 0 Å². The fourth-order valence-corrected chi connectivity index (χ4v) is 3.09. The molecular formula is C19H22N4O3. The van der Waals surface area contributed by atoms with Gasteiger partial charge in [0.05, 0.1) is 12.8 Å². The summed E-state index contributed by atoms with van der Waals surface area (Å²) in [4.78, 5) is 25.8. The second-order valence-electron chi connectivity index (χ2n) is 6.31. The highest BCUT2D eigenvalue weighted by Gasteiger charge is 2.24. The summed E-state index contributed by atoms with van der Waals surface area (Å²) in [6.45, 7) is 2.79. The van der Waals surface area contributed by atoms with Gasteiger partial charge in [-0.25, -0.2) is 0 Å². The molecule has 26 heavy (non-hydrogen) atoms. The summed E-state index contributed by atoms with van der Waals surface area (Å²) in [5, 5.41) is 11.0. The second-order valence-corrected chi connectivity index (χ2v) is 6.31. The molecule has 7 heteroatoms. The van der Waals surface area contributed by atoms with E-state index in [2.05, 4.69) is 15.5 Å². The van der Waals surface area contributed by atoms with Crippen LogP contribution in [0, 0.1) is 0 Å². The van der Waals surface area contributed by atoms with Gasteiger partial charge in [-0.2, -0.15) is 0 Å². The van der Waals surface area contributed by atoms with Crippen molar-refractivity contribution in [2.75, 3.05) is 20.2 Å². The molecule has 0 atom stereocenters. The van der Waals surface area contributed by atoms with Crippen LogP contribution in [0.25, 0.3) is 11.3 Å². The molecule has 1 aromatic carbocycles. The quantitative estimate of drug-likeness (QED) is 0.906. The molecule has 1 aliphatic rings. The number of aromatic nitrogens is 2. The number of carbonyl (C=O) groups is 2. The summed E-state index contributed by atoms with van der Waals surface area (Å²) < 4.78 is 5.02. The lowest BCUT2D eigenvalue weighted by molar-refractivity contribution is -0.119. The first-order valence-electron chi connectivity index (χ1n) is 8.61. The smallest absolute Gasteiger partial charge is 0.253 e. The fraction of sp³-hybridized carbons (Fsp3) is 0.368. The molecule has 2 heterocycles. The van der Waals surface area contributed by atoms with Crippen LogP contribution < -0.4 is 10.1 Å². The molecule has 0 radical (unpaired) electrons. The molecular weight excluding hydrogens is 332 g/mol. The average molecular weight is 354 g/mol. The molecule has 1 N–H and O–H groups in total. The van der Waals surface area contributed by atoms with E-state index in [9.17, 15) is 9.59 Å². The molecule has 1 aromatic heterocycles. The van der Waals surface area contributed by atoms with E-state index in [0.29, 0.717) is 30.2 Å². The van der Waals surface area contributed by atoms with Crippen molar-refractivity contribution in [1.82, 2.24) is 20.4 Å². The summed E-state index contributed by atoms with van der Waals surface area (Å²) in [6.07, 6.45) is 1.55. The van der Waals surface area contributed by atoms with Crippen LogP contribution in [0.15, 0.2) is 36.4 Å². The molecule has 136 valence electrons. The van der Waals surface area contributed by atoms with Crippen LogP contribution in [-0.2, 0) is 4.79 Å². The monoisotopic (exact) mass is 354 g/mol. The van der Waals surface area contributed by atoms with Crippen molar-refractivity contribution >= 4 is 11.8 Å². The number of hydrogen-bond donors (Lipinski definition) is 1. The fourth-order valence-electron chi connectivity index (χ4n) is 3.09. The van der Waals surface area contributed by atoms with Gasteiger partial charge in [0.15, 0.2) is 0 Å². The minimum absolute atomic E-state index is 0.00500. The summed E-state index contributed by atoms with van der Waals surface area (Å²) in [5.74, 6) is 0.417. The molecule has 3 rings (SSSR count). The zero-order chi connectivity index (χ0) is 18.5. The van der Waals surface area contributed by atoms with Crippen LogP contribution in [-0.4, -0.2) is 53.2 Å². The molecule has 0 unspecified atom stereocenters. The Balaban J connectivity index is 1.69. The van der Waals surface area contributed by atoms with E-state index in [0.717, 1.165) is 18.4 Å². The normalized spacial score (nSPS) is 14.8. The largest absolute Gasteiger partial charge is 0.480 e. The standard InChI is InChI=1S/C19H22N4O3/c1-13(24)20-16-8-10-23(11-9-16)19(25)15-5-3-4-14(12-15)17-6-7-18(26-2)22-21-17/h3-7,12,16H,8-11H2,1-2H3,(H,20,24). The molecule has 0 bridgehead atoms. The van der Waals surface area contributed by atoms with E-state index < -0.39 is 0 Å². The lowest BCUT2D eigenvalue weighted by Gasteiger charge is -2.32. The summed E-state index contributed by atoms with van der Waals surface area (Å²) in [6, 6.07) is 11.1. The number of likely N-dealkylation sites (tertiary alicyclic amines) is 1. The Morgan fingerprint density at radius 2 is 1.92 bits per heavy atom.